The fourth-order valence-corrected chi connectivity index (χ4v) is 3.16. The first-order valence-electron chi connectivity index (χ1n) is 10.9. The lowest BCUT2D eigenvalue weighted by Gasteiger charge is -2.25. The van der Waals surface area contributed by atoms with Gasteiger partial charge in [-0.05, 0) is 44.6 Å². The van der Waals surface area contributed by atoms with E-state index in [1.54, 1.807) is 0 Å². The maximum atomic E-state index is 12.8. The highest BCUT2D eigenvalue weighted by Gasteiger charge is 2.30. The molecule has 0 aliphatic carbocycles. The highest BCUT2D eigenvalue weighted by Crippen LogP contribution is 2.08. The van der Waals surface area contributed by atoms with E-state index in [2.05, 4.69) is 28.6 Å². The Hall–Kier alpha value is -2.38. The van der Waals surface area contributed by atoms with Crippen LogP contribution in [0.3, 0.4) is 0 Å². The molecular weight excluding hydrogens is 452 g/mol. The minimum absolute atomic E-state index is 0.0125. The van der Waals surface area contributed by atoms with Gasteiger partial charge in [0.2, 0.25) is 23.6 Å². The molecule has 0 saturated heterocycles. The Morgan fingerprint density at radius 3 is 1.91 bits per heavy atom. The van der Waals surface area contributed by atoms with E-state index in [0.29, 0.717) is 19.4 Å². The number of nitrogens with one attached hydrogen (secondary N) is 3. The number of hydrogen-bond donors (Lipinski definition) is 8. The molecule has 0 unspecified atom stereocenters. The summed E-state index contributed by atoms with van der Waals surface area (Å²) in [6.07, 6.45) is 1.51. The van der Waals surface area contributed by atoms with Gasteiger partial charge in [0.1, 0.15) is 18.1 Å². The molecule has 0 saturated carbocycles. The summed E-state index contributed by atoms with van der Waals surface area (Å²) >= 11 is 4.08. The molecule has 0 rings (SSSR count). The second-order valence-electron chi connectivity index (χ2n) is 8.23. The van der Waals surface area contributed by atoms with E-state index < -0.39 is 53.8 Å². The highest BCUT2D eigenvalue weighted by atomic mass is 32.1. The number of carboxylic acids is 1. The first kappa shape index (κ1) is 30.6. The second-order valence-corrected chi connectivity index (χ2v) is 8.59. The predicted molar refractivity (Wildman–Crippen MR) is 126 cm³/mol. The molecule has 0 aromatic carbocycles. The molecule has 0 aromatic heterocycles. The van der Waals surface area contributed by atoms with Crippen molar-refractivity contribution in [3.8, 4) is 0 Å². The second kappa shape index (κ2) is 16.3. The molecule has 0 fully saturated rings. The summed E-state index contributed by atoms with van der Waals surface area (Å²) in [6, 6.07) is -4.28. The maximum absolute atomic E-state index is 12.8. The van der Waals surface area contributed by atoms with E-state index in [0.717, 1.165) is 0 Å². The molecule has 13 heteroatoms. The molecule has 0 radical (unpaired) electrons. The zero-order valence-corrected chi connectivity index (χ0v) is 20.1. The average Bonchev–Trinajstić information content (AvgIpc) is 2.73. The summed E-state index contributed by atoms with van der Waals surface area (Å²) in [7, 11) is 0. The Labute approximate surface area is 199 Å². The van der Waals surface area contributed by atoms with Gasteiger partial charge in [0.05, 0.1) is 6.04 Å². The molecule has 0 aromatic rings. The van der Waals surface area contributed by atoms with Gasteiger partial charge in [-0.3, -0.25) is 19.2 Å². The van der Waals surface area contributed by atoms with Crippen molar-refractivity contribution >= 4 is 42.2 Å². The van der Waals surface area contributed by atoms with Gasteiger partial charge < -0.3 is 38.3 Å². The third-order valence-corrected chi connectivity index (χ3v) is 5.12. The number of hydrogen-bond acceptors (Lipinski definition) is 8. The summed E-state index contributed by atoms with van der Waals surface area (Å²) in [5, 5.41) is 16.8. The van der Waals surface area contributed by atoms with Crippen LogP contribution in [-0.2, 0) is 24.0 Å². The van der Waals surface area contributed by atoms with E-state index in [-0.39, 0.29) is 37.4 Å². The first-order chi connectivity index (χ1) is 15.4. The highest BCUT2D eigenvalue weighted by molar-refractivity contribution is 7.80. The summed E-state index contributed by atoms with van der Waals surface area (Å²) in [5.41, 5.74) is 16.3. The minimum Gasteiger partial charge on any atom is -0.480 e. The molecule has 4 amide bonds. The Balaban J connectivity index is 5.24. The van der Waals surface area contributed by atoms with Gasteiger partial charge in [-0.1, -0.05) is 13.8 Å². The van der Waals surface area contributed by atoms with Gasteiger partial charge in [-0.2, -0.15) is 12.6 Å². The van der Waals surface area contributed by atoms with Crippen LogP contribution in [0, 0.1) is 5.92 Å². The Morgan fingerprint density at radius 2 is 1.42 bits per heavy atom. The Kier molecular flexibility index (Phi) is 15.1. The van der Waals surface area contributed by atoms with Crippen molar-refractivity contribution in [2.45, 2.75) is 76.5 Å². The fraction of sp³-hybridized carbons (Fsp3) is 0.750. The van der Waals surface area contributed by atoms with Crippen molar-refractivity contribution in [1.29, 1.82) is 0 Å². The molecular formula is C20H38N6O6S. The van der Waals surface area contributed by atoms with Crippen LogP contribution in [-0.4, -0.2) is 71.2 Å². The number of nitrogens with two attached hydrogens (primary N) is 3. The lowest BCUT2D eigenvalue weighted by Crippen LogP contribution is -2.57. The van der Waals surface area contributed by atoms with E-state index in [4.69, 9.17) is 17.2 Å². The number of primary amides is 1. The molecule has 0 aliphatic heterocycles. The zero-order chi connectivity index (χ0) is 25.6. The van der Waals surface area contributed by atoms with Gasteiger partial charge in [0.25, 0.3) is 0 Å². The molecule has 0 spiro atoms. The van der Waals surface area contributed by atoms with Crippen LogP contribution in [0.2, 0.25) is 0 Å². The van der Waals surface area contributed by atoms with E-state index in [1.165, 1.54) is 0 Å². The third-order valence-electron chi connectivity index (χ3n) is 4.76. The van der Waals surface area contributed by atoms with Crippen molar-refractivity contribution < 1.29 is 29.1 Å². The number of carboxylic acid groups (broad SMARTS) is 1. The van der Waals surface area contributed by atoms with Crippen LogP contribution in [0.1, 0.15) is 52.4 Å². The number of amides is 4. The quantitative estimate of drug-likeness (QED) is 0.0858. The van der Waals surface area contributed by atoms with Gasteiger partial charge in [-0.15, -0.1) is 0 Å². The van der Waals surface area contributed by atoms with Gasteiger partial charge in [-0.25, -0.2) is 4.79 Å². The Bertz CT molecular complexity index is 677. The van der Waals surface area contributed by atoms with E-state index >= 15 is 0 Å². The van der Waals surface area contributed by atoms with Crippen molar-refractivity contribution in [2.24, 2.45) is 23.1 Å². The monoisotopic (exact) mass is 490 g/mol. The molecule has 4 atom stereocenters. The van der Waals surface area contributed by atoms with Crippen molar-refractivity contribution in [2.75, 3.05) is 12.3 Å². The average molecular weight is 491 g/mol. The smallest absolute Gasteiger partial charge is 0.326 e. The predicted octanol–water partition coefficient (Wildman–Crippen LogP) is -1.78. The lowest BCUT2D eigenvalue weighted by atomic mass is 10.0. The number of carbonyl (C=O) groups excluding carboxylic acids is 4. The number of thiol groups is 1. The minimum atomic E-state index is -1.17. The van der Waals surface area contributed by atoms with Gasteiger partial charge >= 0.3 is 5.97 Å². The summed E-state index contributed by atoms with van der Waals surface area (Å²) in [6.45, 7) is 4.05. The molecule has 33 heavy (non-hydrogen) atoms. The third kappa shape index (κ3) is 13.0. The van der Waals surface area contributed by atoms with E-state index in [9.17, 15) is 29.1 Å². The Morgan fingerprint density at radius 1 is 0.879 bits per heavy atom. The first-order valence-corrected chi connectivity index (χ1v) is 11.5. The molecule has 0 bridgehead atoms. The SMILES string of the molecule is CC(C)C[C@H](NC(=O)[C@H](CCCCN)NC(=O)[C@H](CS)NC(=O)[C@@H](N)CCC(N)=O)C(=O)O. The number of rotatable bonds is 17. The molecule has 190 valence electrons. The molecule has 12 nitrogen and oxygen atoms in total. The van der Waals surface area contributed by atoms with Crippen molar-refractivity contribution in [3.63, 3.8) is 0 Å². The molecule has 0 aliphatic rings. The normalized spacial score (nSPS) is 14.6. The van der Waals surface area contributed by atoms with Crippen molar-refractivity contribution in [3.05, 3.63) is 0 Å². The van der Waals surface area contributed by atoms with Crippen LogP contribution in [0.15, 0.2) is 0 Å². The summed E-state index contributed by atoms with van der Waals surface area (Å²) in [4.78, 5) is 60.1. The van der Waals surface area contributed by atoms with Gasteiger partial charge in [0, 0.05) is 12.2 Å². The lowest BCUT2D eigenvalue weighted by molar-refractivity contribution is -0.142. The number of unbranched alkanes of at least 4 members (excludes halogenated alkanes) is 1. The van der Waals surface area contributed by atoms with Crippen LogP contribution < -0.4 is 33.2 Å². The van der Waals surface area contributed by atoms with Crippen LogP contribution in [0.5, 0.6) is 0 Å². The van der Waals surface area contributed by atoms with E-state index in [1.807, 2.05) is 13.8 Å². The fourth-order valence-electron chi connectivity index (χ4n) is 2.90. The topological polar surface area (TPSA) is 220 Å². The van der Waals surface area contributed by atoms with Gasteiger partial charge in [0.15, 0.2) is 0 Å². The van der Waals surface area contributed by atoms with Crippen molar-refractivity contribution in [1.82, 2.24) is 16.0 Å². The van der Waals surface area contributed by atoms with Crippen LogP contribution in [0.4, 0.5) is 0 Å². The summed E-state index contributed by atoms with van der Waals surface area (Å²) < 4.78 is 0. The van der Waals surface area contributed by atoms with Crippen LogP contribution in [0.25, 0.3) is 0 Å². The zero-order valence-electron chi connectivity index (χ0n) is 19.2. The molecule has 0 heterocycles. The number of carbonyl (C=O) groups is 5. The van der Waals surface area contributed by atoms with Crippen LogP contribution >= 0.6 is 12.6 Å². The molecule has 10 N–H and O–H groups in total. The standard InChI is InChI=1S/C20H38N6O6S/c1-11(2)9-14(20(31)32)25-18(29)13(5-3-4-8-21)24-19(30)15(10-33)26-17(28)12(22)6-7-16(23)27/h11-15,33H,3-10,21-22H2,1-2H3,(H2,23,27)(H,24,30)(H,25,29)(H,26,28)(H,31,32)/t12-,13-,14-,15-/m0/s1. The maximum Gasteiger partial charge on any atom is 0.326 e. The summed E-state index contributed by atoms with van der Waals surface area (Å²) in [5.74, 6) is -3.82. The number of aliphatic carboxylic acids is 1. The largest absolute Gasteiger partial charge is 0.480 e.